The normalized spacial score (nSPS) is 11.3. The number of nitrogens with one attached hydrogen (secondary N) is 1. The Morgan fingerprint density at radius 2 is 2.27 bits per heavy atom. The molecule has 1 amide bonds. The van der Waals surface area contributed by atoms with Crippen molar-refractivity contribution in [1.29, 1.82) is 0 Å². The molecule has 1 aromatic rings. The number of primary amides is 1. The summed E-state index contributed by atoms with van der Waals surface area (Å²) in [6.07, 6.45) is 6.81. The molecule has 0 unspecified atom stereocenters. The van der Waals surface area contributed by atoms with E-state index in [1.807, 2.05) is 6.92 Å². The van der Waals surface area contributed by atoms with Crippen LogP contribution in [-0.2, 0) is 4.74 Å². The van der Waals surface area contributed by atoms with Gasteiger partial charge in [0, 0.05) is 12.1 Å². The SMILES string of the molecule is C#Cc1cccc([N+](=O)[O-])c1N[C@H](C)CCCCOC(N)=O. The maximum absolute atomic E-state index is 11.1. The summed E-state index contributed by atoms with van der Waals surface area (Å²) in [7, 11) is 0. The van der Waals surface area contributed by atoms with E-state index in [1.54, 1.807) is 12.1 Å². The van der Waals surface area contributed by atoms with E-state index >= 15 is 0 Å². The highest BCUT2D eigenvalue weighted by Crippen LogP contribution is 2.28. The van der Waals surface area contributed by atoms with Gasteiger partial charge in [0.05, 0.1) is 17.1 Å². The summed E-state index contributed by atoms with van der Waals surface area (Å²) in [6.45, 7) is 2.18. The van der Waals surface area contributed by atoms with E-state index in [0.29, 0.717) is 17.7 Å². The molecule has 7 nitrogen and oxygen atoms in total. The largest absolute Gasteiger partial charge is 0.450 e. The molecule has 7 heteroatoms. The number of para-hydroxylation sites is 1. The van der Waals surface area contributed by atoms with Crippen LogP contribution in [0.5, 0.6) is 0 Å². The highest BCUT2D eigenvalue weighted by Gasteiger charge is 2.18. The molecule has 1 aromatic carbocycles. The van der Waals surface area contributed by atoms with Crippen LogP contribution < -0.4 is 11.1 Å². The highest BCUT2D eigenvalue weighted by molar-refractivity contribution is 5.70. The van der Waals surface area contributed by atoms with Gasteiger partial charge in [-0.3, -0.25) is 10.1 Å². The second-order valence-electron chi connectivity index (χ2n) is 4.81. The quantitative estimate of drug-likeness (QED) is 0.332. The fraction of sp³-hybridized carbons (Fsp3) is 0.400. The van der Waals surface area contributed by atoms with Crippen LogP contribution >= 0.6 is 0 Å². The molecular weight excluding hydrogens is 286 g/mol. The van der Waals surface area contributed by atoms with E-state index < -0.39 is 11.0 Å². The van der Waals surface area contributed by atoms with Crippen molar-refractivity contribution in [2.75, 3.05) is 11.9 Å². The minimum Gasteiger partial charge on any atom is -0.450 e. The number of hydrogen-bond donors (Lipinski definition) is 2. The number of hydrogen-bond acceptors (Lipinski definition) is 5. The minimum absolute atomic E-state index is 0.0122. The number of nitro groups is 1. The molecule has 1 rings (SSSR count). The molecule has 0 spiro atoms. The van der Waals surface area contributed by atoms with Crippen LogP contribution in [0.15, 0.2) is 18.2 Å². The molecule has 0 aromatic heterocycles. The van der Waals surface area contributed by atoms with Crippen LogP contribution in [0.1, 0.15) is 31.7 Å². The molecule has 0 saturated heterocycles. The number of nitro benzene ring substituents is 1. The van der Waals surface area contributed by atoms with E-state index in [-0.39, 0.29) is 18.3 Å². The lowest BCUT2D eigenvalue weighted by atomic mass is 10.1. The van der Waals surface area contributed by atoms with Gasteiger partial charge in [-0.25, -0.2) is 4.79 Å². The topological polar surface area (TPSA) is 107 Å². The lowest BCUT2D eigenvalue weighted by Crippen LogP contribution is -2.18. The zero-order chi connectivity index (χ0) is 16.5. The first-order valence-electron chi connectivity index (χ1n) is 6.88. The Morgan fingerprint density at radius 3 is 2.86 bits per heavy atom. The van der Waals surface area contributed by atoms with Gasteiger partial charge in [-0.15, -0.1) is 6.42 Å². The molecule has 0 bridgehead atoms. The number of carbonyl (C=O) groups excluding carboxylic acids is 1. The molecule has 3 N–H and O–H groups in total. The molecule has 0 radical (unpaired) electrons. The van der Waals surface area contributed by atoms with Crippen molar-refractivity contribution in [3.63, 3.8) is 0 Å². The van der Waals surface area contributed by atoms with Gasteiger partial charge in [0.1, 0.15) is 5.69 Å². The maximum atomic E-state index is 11.1. The Morgan fingerprint density at radius 1 is 1.55 bits per heavy atom. The van der Waals surface area contributed by atoms with Crippen LogP contribution in [0, 0.1) is 22.5 Å². The summed E-state index contributed by atoms with van der Waals surface area (Å²) in [5, 5.41) is 14.2. The number of carbonyl (C=O) groups is 1. The molecule has 0 aliphatic heterocycles. The second kappa shape index (κ2) is 8.52. The lowest BCUT2D eigenvalue weighted by Gasteiger charge is -2.16. The third-order valence-electron chi connectivity index (χ3n) is 3.06. The van der Waals surface area contributed by atoms with Gasteiger partial charge in [-0.05, 0) is 32.3 Å². The highest BCUT2D eigenvalue weighted by atomic mass is 16.6. The van der Waals surface area contributed by atoms with Crippen molar-refractivity contribution in [3.8, 4) is 12.3 Å². The van der Waals surface area contributed by atoms with Gasteiger partial charge in [0.2, 0.25) is 0 Å². The second-order valence-corrected chi connectivity index (χ2v) is 4.81. The number of nitrogens with two attached hydrogens (primary N) is 1. The molecule has 0 saturated carbocycles. The fourth-order valence-electron chi connectivity index (χ4n) is 2.01. The van der Waals surface area contributed by atoms with E-state index in [4.69, 9.17) is 12.2 Å². The van der Waals surface area contributed by atoms with E-state index in [9.17, 15) is 14.9 Å². The van der Waals surface area contributed by atoms with Crippen molar-refractivity contribution in [3.05, 3.63) is 33.9 Å². The Kier molecular flexibility index (Phi) is 6.70. The van der Waals surface area contributed by atoms with Crippen LogP contribution in [0.25, 0.3) is 0 Å². The van der Waals surface area contributed by atoms with Crippen LogP contribution in [0.4, 0.5) is 16.2 Å². The number of ether oxygens (including phenoxy) is 1. The van der Waals surface area contributed by atoms with Gasteiger partial charge in [0.25, 0.3) is 5.69 Å². The summed E-state index contributed by atoms with van der Waals surface area (Å²) in [5.74, 6) is 2.45. The molecule has 0 aliphatic rings. The van der Waals surface area contributed by atoms with E-state index in [2.05, 4.69) is 16.0 Å². The minimum atomic E-state index is -0.787. The number of unbranched alkanes of at least 4 members (excludes halogenated alkanes) is 1. The van der Waals surface area contributed by atoms with Gasteiger partial charge in [-0.1, -0.05) is 12.0 Å². The van der Waals surface area contributed by atoms with Gasteiger partial charge in [0.15, 0.2) is 0 Å². The summed E-state index contributed by atoms with van der Waals surface area (Å²) < 4.78 is 4.63. The monoisotopic (exact) mass is 305 g/mol. The fourth-order valence-corrected chi connectivity index (χ4v) is 2.01. The molecule has 22 heavy (non-hydrogen) atoms. The number of nitrogens with zero attached hydrogens (tertiary/aromatic N) is 1. The Labute approximate surface area is 129 Å². The van der Waals surface area contributed by atoms with Gasteiger partial charge >= 0.3 is 6.09 Å². The standard InChI is InChI=1S/C15H19N3O4/c1-3-12-8-6-9-13(18(20)21)14(12)17-11(2)7-4-5-10-22-15(16)19/h1,6,8-9,11,17H,4-5,7,10H2,2H3,(H2,16,19)/t11-/m1/s1. The van der Waals surface area contributed by atoms with Crippen molar-refractivity contribution < 1.29 is 14.5 Å². The number of anilines is 1. The van der Waals surface area contributed by atoms with Crippen molar-refractivity contribution >= 4 is 17.5 Å². The summed E-state index contributed by atoms with van der Waals surface area (Å²) in [6, 6.07) is 4.62. The first-order chi connectivity index (χ1) is 10.5. The lowest BCUT2D eigenvalue weighted by molar-refractivity contribution is -0.384. The first-order valence-corrected chi connectivity index (χ1v) is 6.88. The predicted octanol–water partition coefficient (Wildman–Crippen LogP) is 2.64. The molecule has 0 fully saturated rings. The molecule has 118 valence electrons. The Hall–Kier alpha value is -2.75. The average Bonchev–Trinajstić information content (AvgIpc) is 2.46. The average molecular weight is 305 g/mol. The van der Waals surface area contributed by atoms with Crippen LogP contribution in [0.3, 0.4) is 0 Å². The van der Waals surface area contributed by atoms with Crippen molar-refractivity contribution in [1.82, 2.24) is 0 Å². The van der Waals surface area contributed by atoms with Crippen molar-refractivity contribution in [2.24, 2.45) is 5.73 Å². The summed E-state index contributed by atoms with van der Waals surface area (Å²) >= 11 is 0. The third kappa shape index (κ3) is 5.32. The zero-order valence-corrected chi connectivity index (χ0v) is 12.4. The zero-order valence-electron chi connectivity index (χ0n) is 12.4. The molecule has 1 atom stereocenters. The number of amides is 1. The smallest absolute Gasteiger partial charge is 0.404 e. The maximum Gasteiger partial charge on any atom is 0.404 e. The molecule has 0 heterocycles. The van der Waals surface area contributed by atoms with Gasteiger partial charge in [-0.2, -0.15) is 0 Å². The third-order valence-corrected chi connectivity index (χ3v) is 3.06. The number of terminal acetylenes is 1. The van der Waals surface area contributed by atoms with Crippen molar-refractivity contribution in [2.45, 2.75) is 32.2 Å². The van der Waals surface area contributed by atoms with Gasteiger partial charge < -0.3 is 15.8 Å². The number of benzene rings is 1. The Bertz CT molecular complexity index is 581. The van der Waals surface area contributed by atoms with E-state index in [0.717, 1.165) is 12.8 Å². The summed E-state index contributed by atoms with van der Waals surface area (Å²) in [5.41, 5.74) is 5.63. The predicted molar refractivity (Wildman–Crippen MR) is 83.5 cm³/mol. The van der Waals surface area contributed by atoms with Crippen LogP contribution in [0.2, 0.25) is 0 Å². The van der Waals surface area contributed by atoms with E-state index in [1.165, 1.54) is 6.07 Å². The summed E-state index contributed by atoms with van der Waals surface area (Å²) in [4.78, 5) is 21.0. The Balaban J connectivity index is 2.60. The molecular formula is C15H19N3O4. The first kappa shape index (κ1) is 17.3. The molecule has 0 aliphatic carbocycles. The van der Waals surface area contributed by atoms with Crippen LogP contribution in [-0.4, -0.2) is 23.7 Å². The number of rotatable bonds is 8.